The minimum atomic E-state index is 0.580. The summed E-state index contributed by atoms with van der Waals surface area (Å²) in [5, 5.41) is 11.9. The van der Waals surface area contributed by atoms with Crippen LogP contribution in [0.1, 0.15) is 57.4 Å². The van der Waals surface area contributed by atoms with E-state index < -0.39 is 0 Å². The summed E-state index contributed by atoms with van der Waals surface area (Å²) < 4.78 is 0.941. The molecule has 1 aliphatic heterocycles. The van der Waals surface area contributed by atoms with Gasteiger partial charge < -0.3 is 15.6 Å². The van der Waals surface area contributed by atoms with Gasteiger partial charge in [-0.3, -0.25) is 0 Å². The van der Waals surface area contributed by atoms with Gasteiger partial charge in [-0.1, -0.05) is 19.3 Å². The van der Waals surface area contributed by atoms with Gasteiger partial charge in [0, 0.05) is 47.1 Å². The van der Waals surface area contributed by atoms with Gasteiger partial charge in [0.15, 0.2) is 0 Å². The van der Waals surface area contributed by atoms with Crippen LogP contribution in [0.4, 0.5) is 5.82 Å². The van der Waals surface area contributed by atoms with Gasteiger partial charge in [-0.05, 0) is 54.6 Å². The summed E-state index contributed by atoms with van der Waals surface area (Å²) in [7, 11) is 0. The highest BCUT2D eigenvalue weighted by Crippen LogP contribution is 2.26. The lowest BCUT2D eigenvalue weighted by molar-refractivity contribution is 0.307. The van der Waals surface area contributed by atoms with E-state index >= 15 is 0 Å². The van der Waals surface area contributed by atoms with E-state index in [1.807, 2.05) is 19.2 Å². The number of piperidine rings is 1. The molecule has 1 aromatic heterocycles. The second kappa shape index (κ2) is 7.75. The molecule has 0 aromatic carbocycles. The lowest BCUT2D eigenvalue weighted by atomic mass is 9.93. The molecule has 2 aliphatic rings. The molecule has 4 nitrogen and oxygen atoms in total. The number of pyridine rings is 1. The largest absolute Gasteiger partial charge is 0.356 e. The average molecular weight is 379 g/mol. The summed E-state index contributed by atoms with van der Waals surface area (Å²) in [5.74, 6) is 0.969. The molecule has 2 fully saturated rings. The number of rotatable bonds is 4. The standard InChI is InChI=1S/C18H27BrN4/c1-13(20)17-11-14(19)12-21-18(17)23-9-7-16(8-10-23)22-15-5-3-2-4-6-15/h11-12,15-16,20,22H,2-10H2,1H3. The van der Waals surface area contributed by atoms with Crippen molar-refractivity contribution in [1.29, 1.82) is 5.41 Å². The number of anilines is 1. The molecule has 0 spiro atoms. The van der Waals surface area contributed by atoms with Gasteiger partial charge in [0.1, 0.15) is 5.82 Å². The predicted octanol–water partition coefficient (Wildman–Crippen LogP) is 4.12. The Bertz CT molecular complexity index is 546. The zero-order valence-electron chi connectivity index (χ0n) is 13.9. The molecule has 23 heavy (non-hydrogen) atoms. The van der Waals surface area contributed by atoms with E-state index in [2.05, 4.69) is 31.1 Å². The van der Waals surface area contributed by atoms with Crippen molar-refractivity contribution in [3.63, 3.8) is 0 Å². The number of hydrogen-bond donors (Lipinski definition) is 2. The zero-order valence-corrected chi connectivity index (χ0v) is 15.5. The van der Waals surface area contributed by atoms with Crippen molar-refractivity contribution in [3.05, 3.63) is 22.3 Å². The Kier molecular flexibility index (Phi) is 5.70. The molecule has 1 aromatic rings. The van der Waals surface area contributed by atoms with Crippen LogP contribution < -0.4 is 10.2 Å². The Labute approximate surface area is 147 Å². The summed E-state index contributed by atoms with van der Waals surface area (Å²) in [4.78, 5) is 6.93. The molecule has 0 amide bonds. The third kappa shape index (κ3) is 4.32. The molecule has 2 N–H and O–H groups in total. The van der Waals surface area contributed by atoms with Gasteiger partial charge in [0.05, 0.1) is 0 Å². The van der Waals surface area contributed by atoms with Gasteiger partial charge >= 0.3 is 0 Å². The fourth-order valence-electron chi connectivity index (χ4n) is 3.82. The minimum Gasteiger partial charge on any atom is -0.356 e. The van der Waals surface area contributed by atoms with E-state index in [9.17, 15) is 0 Å². The first-order chi connectivity index (χ1) is 11.1. The van der Waals surface area contributed by atoms with Crippen molar-refractivity contribution < 1.29 is 0 Å². The van der Waals surface area contributed by atoms with Crippen molar-refractivity contribution in [1.82, 2.24) is 10.3 Å². The third-order valence-corrected chi connectivity index (χ3v) is 5.54. The Morgan fingerprint density at radius 2 is 1.83 bits per heavy atom. The van der Waals surface area contributed by atoms with Gasteiger partial charge in [0.2, 0.25) is 0 Å². The molecule has 0 atom stereocenters. The van der Waals surface area contributed by atoms with Crippen LogP contribution in [0.2, 0.25) is 0 Å². The van der Waals surface area contributed by atoms with E-state index in [-0.39, 0.29) is 0 Å². The van der Waals surface area contributed by atoms with Crippen LogP contribution in [0, 0.1) is 5.41 Å². The van der Waals surface area contributed by atoms with E-state index in [4.69, 9.17) is 5.41 Å². The molecule has 3 rings (SSSR count). The molecular weight excluding hydrogens is 352 g/mol. The van der Waals surface area contributed by atoms with Crippen molar-refractivity contribution in [3.8, 4) is 0 Å². The maximum atomic E-state index is 8.00. The second-order valence-electron chi connectivity index (χ2n) is 6.91. The number of nitrogens with one attached hydrogen (secondary N) is 2. The lowest BCUT2D eigenvalue weighted by Crippen LogP contribution is -2.47. The molecular formula is C18H27BrN4. The molecule has 0 unspecified atom stereocenters. The van der Waals surface area contributed by atoms with E-state index in [1.54, 1.807) is 0 Å². The molecule has 1 saturated heterocycles. The van der Waals surface area contributed by atoms with Crippen LogP contribution in [0.5, 0.6) is 0 Å². The monoisotopic (exact) mass is 378 g/mol. The highest BCUT2D eigenvalue weighted by molar-refractivity contribution is 9.10. The molecule has 1 aliphatic carbocycles. The highest BCUT2D eigenvalue weighted by Gasteiger charge is 2.24. The van der Waals surface area contributed by atoms with Crippen LogP contribution >= 0.6 is 15.9 Å². The summed E-state index contributed by atoms with van der Waals surface area (Å²) in [6.45, 7) is 3.89. The molecule has 5 heteroatoms. The predicted molar refractivity (Wildman–Crippen MR) is 99.7 cm³/mol. The number of nitrogens with zero attached hydrogens (tertiary/aromatic N) is 2. The normalized spacial score (nSPS) is 20.7. The number of hydrogen-bond acceptors (Lipinski definition) is 4. The first-order valence-electron chi connectivity index (χ1n) is 8.85. The maximum absolute atomic E-state index is 8.00. The first kappa shape index (κ1) is 16.9. The van der Waals surface area contributed by atoms with Crippen LogP contribution in [0.25, 0.3) is 0 Å². The fourth-order valence-corrected chi connectivity index (χ4v) is 4.15. The summed E-state index contributed by atoms with van der Waals surface area (Å²) in [6.07, 6.45) is 11.1. The van der Waals surface area contributed by atoms with Crippen LogP contribution in [-0.2, 0) is 0 Å². The molecule has 0 radical (unpaired) electrons. The van der Waals surface area contributed by atoms with Crippen molar-refractivity contribution in [2.45, 2.75) is 64.0 Å². The Hall–Kier alpha value is -0.940. The summed E-state index contributed by atoms with van der Waals surface area (Å²) >= 11 is 3.47. The van der Waals surface area contributed by atoms with E-state index in [0.717, 1.165) is 35.0 Å². The van der Waals surface area contributed by atoms with Gasteiger partial charge in [-0.15, -0.1) is 0 Å². The van der Waals surface area contributed by atoms with E-state index in [0.29, 0.717) is 11.8 Å². The second-order valence-corrected chi connectivity index (χ2v) is 7.83. The Balaban J connectivity index is 1.59. The van der Waals surface area contributed by atoms with Crippen LogP contribution in [0.3, 0.4) is 0 Å². The Morgan fingerprint density at radius 3 is 2.48 bits per heavy atom. The van der Waals surface area contributed by atoms with Crippen LogP contribution in [0.15, 0.2) is 16.7 Å². The van der Waals surface area contributed by atoms with Gasteiger partial charge in [0.25, 0.3) is 0 Å². The minimum absolute atomic E-state index is 0.580. The van der Waals surface area contributed by atoms with Crippen molar-refractivity contribution in [2.24, 2.45) is 0 Å². The fraction of sp³-hybridized carbons (Fsp3) is 0.667. The highest BCUT2D eigenvalue weighted by atomic mass is 79.9. The van der Waals surface area contributed by atoms with Gasteiger partial charge in [-0.2, -0.15) is 0 Å². The number of halogens is 1. The Morgan fingerprint density at radius 1 is 1.17 bits per heavy atom. The van der Waals surface area contributed by atoms with Gasteiger partial charge in [-0.25, -0.2) is 4.98 Å². The summed E-state index contributed by atoms with van der Waals surface area (Å²) in [6, 6.07) is 3.40. The lowest BCUT2D eigenvalue weighted by Gasteiger charge is -2.36. The topological polar surface area (TPSA) is 52.0 Å². The molecule has 126 valence electrons. The van der Waals surface area contributed by atoms with Crippen LogP contribution in [-0.4, -0.2) is 35.9 Å². The van der Waals surface area contributed by atoms with Crippen molar-refractivity contribution >= 4 is 27.5 Å². The summed E-state index contributed by atoms with van der Waals surface area (Å²) in [5.41, 5.74) is 1.52. The van der Waals surface area contributed by atoms with E-state index in [1.165, 1.54) is 44.9 Å². The molecule has 1 saturated carbocycles. The third-order valence-electron chi connectivity index (χ3n) is 5.11. The first-order valence-corrected chi connectivity index (χ1v) is 9.65. The average Bonchev–Trinajstić information content (AvgIpc) is 2.56. The molecule has 0 bridgehead atoms. The van der Waals surface area contributed by atoms with Crippen molar-refractivity contribution in [2.75, 3.05) is 18.0 Å². The molecule has 2 heterocycles. The quantitative estimate of drug-likeness (QED) is 0.774. The zero-order chi connectivity index (χ0) is 16.2. The smallest absolute Gasteiger partial charge is 0.137 e. The number of aromatic nitrogens is 1. The maximum Gasteiger partial charge on any atom is 0.137 e. The SMILES string of the molecule is CC(=N)c1cc(Br)cnc1N1CCC(NC2CCCCC2)CC1.